The Kier molecular flexibility index (Phi) is 8.75. The number of rotatable bonds is 8. The van der Waals surface area contributed by atoms with E-state index < -0.39 is 11.6 Å². The molecule has 29 heavy (non-hydrogen) atoms. The van der Waals surface area contributed by atoms with Crippen LogP contribution in [0, 0.1) is 35.3 Å². The average molecular weight is 403 g/mol. The molecule has 162 valence electrons. The Hall–Kier alpha value is -1.18. The summed E-state index contributed by atoms with van der Waals surface area (Å²) < 4.78 is 26.5. The quantitative estimate of drug-likeness (QED) is 0.407. The van der Waals surface area contributed by atoms with Crippen molar-refractivity contribution < 1.29 is 8.78 Å². The summed E-state index contributed by atoms with van der Waals surface area (Å²) >= 11 is 0. The summed E-state index contributed by atoms with van der Waals surface area (Å²) in [7, 11) is 0. The summed E-state index contributed by atoms with van der Waals surface area (Å²) in [4.78, 5) is 0. The first-order valence-electron chi connectivity index (χ1n) is 12.2. The average Bonchev–Trinajstić information content (AvgIpc) is 2.75. The maximum atomic E-state index is 13.4. The van der Waals surface area contributed by atoms with Crippen LogP contribution in [-0.2, 0) is 0 Å². The molecule has 2 aliphatic rings. The van der Waals surface area contributed by atoms with E-state index in [0.717, 1.165) is 41.2 Å². The number of allylic oxidation sites excluding steroid dienone is 2. The van der Waals surface area contributed by atoms with E-state index in [2.05, 4.69) is 13.0 Å². The van der Waals surface area contributed by atoms with Gasteiger partial charge in [0, 0.05) is 0 Å². The molecule has 1 aromatic carbocycles. The van der Waals surface area contributed by atoms with Crippen molar-refractivity contribution in [3.8, 4) is 0 Å². The van der Waals surface area contributed by atoms with Crippen molar-refractivity contribution in [1.29, 1.82) is 0 Å². The highest BCUT2D eigenvalue weighted by molar-refractivity contribution is 5.63. The summed E-state index contributed by atoms with van der Waals surface area (Å²) in [6.45, 7) is 4.31. The summed E-state index contributed by atoms with van der Waals surface area (Å²) in [6, 6.07) is 4.20. The van der Waals surface area contributed by atoms with Gasteiger partial charge in [0.15, 0.2) is 11.6 Å². The zero-order valence-electron chi connectivity index (χ0n) is 18.6. The number of benzene rings is 1. The minimum atomic E-state index is -0.771. The normalized spacial score (nSPS) is 28.5. The molecule has 0 aromatic heterocycles. The summed E-state index contributed by atoms with van der Waals surface area (Å²) in [5.74, 6) is 2.33. The summed E-state index contributed by atoms with van der Waals surface area (Å²) in [5.41, 5.74) is 1.85. The van der Waals surface area contributed by atoms with Crippen molar-refractivity contribution in [2.24, 2.45) is 23.7 Å². The molecule has 0 amide bonds. The third-order valence-electron chi connectivity index (χ3n) is 7.82. The van der Waals surface area contributed by atoms with E-state index in [4.69, 9.17) is 0 Å². The molecule has 2 heteroatoms. The molecule has 1 aromatic rings. The van der Waals surface area contributed by atoms with Crippen molar-refractivity contribution >= 4 is 5.57 Å². The van der Waals surface area contributed by atoms with Gasteiger partial charge in [0.1, 0.15) is 0 Å². The molecular formula is C27H40F2. The van der Waals surface area contributed by atoms with Crippen LogP contribution in [0.3, 0.4) is 0 Å². The SMILES string of the molecule is CCCCC1CCC(C2CCC(CC/C=C(\C)c3ccc(F)c(F)c3)CC2)CC1. The van der Waals surface area contributed by atoms with E-state index in [1.807, 2.05) is 6.92 Å². The number of hydrogen-bond acceptors (Lipinski definition) is 0. The zero-order chi connectivity index (χ0) is 20.6. The first-order chi connectivity index (χ1) is 14.1. The minimum absolute atomic E-state index is 0.757. The Balaban J connectivity index is 1.36. The molecule has 0 heterocycles. The fraction of sp³-hybridized carbons (Fsp3) is 0.704. The van der Waals surface area contributed by atoms with Gasteiger partial charge < -0.3 is 0 Å². The van der Waals surface area contributed by atoms with Gasteiger partial charge in [-0.25, -0.2) is 8.78 Å². The zero-order valence-corrected chi connectivity index (χ0v) is 18.6. The van der Waals surface area contributed by atoms with Crippen LogP contribution in [0.4, 0.5) is 8.78 Å². The first-order valence-corrected chi connectivity index (χ1v) is 12.2. The predicted molar refractivity (Wildman–Crippen MR) is 120 cm³/mol. The topological polar surface area (TPSA) is 0 Å². The molecule has 2 saturated carbocycles. The minimum Gasteiger partial charge on any atom is -0.204 e. The fourth-order valence-corrected chi connectivity index (χ4v) is 5.78. The van der Waals surface area contributed by atoms with E-state index in [9.17, 15) is 8.78 Å². The Bertz CT molecular complexity index is 647. The third kappa shape index (κ3) is 6.66. The van der Waals surface area contributed by atoms with Gasteiger partial charge in [0.05, 0.1) is 0 Å². The molecule has 0 N–H and O–H groups in total. The molecule has 0 aliphatic heterocycles. The van der Waals surface area contributed by atoms with Crippen molar-refractivity contribution in [3.63, 3.8) is 0 Å². The number of hydrogen-bond donors (Lipinski definition) is 0. The van der Waals surface area contributed by atoms with Gasteiger partial charge in [-0.15, -0.1) is 0 Å². The Morgan fingerprint density at radius 2 is 1.45 bits per heavy atom. The van der Waals surface area contributed by atoms with Crippen molar-refractivity contribution in [2.75, 3.05) is 0 Å². The molecule has 0 bridgehead atoms. The van der Waals surface area contributed by atoms with Gasteiger partial charge in [0.2, 0.25) is 0 Å². The molecule has 0 unspecified atom stereocenters. The molecule has 0 spiro atoms. The van der Waals surface area contributed by atoms with Gasteiger partial charge in [-0.2, -0.15) is 0 Å². The molecule has 0 radical (unpaired) electrons. The largest absolute Gasteiger partial charge is 0.204 e. The number of unbranched alkanes of at least 4 members (excludes halogenated alkanes) is 1. The molecular weight excluding hydrogens is 362 g/mol. The van der Waals surface area contributed by atoms with Crippen LogP contribution >= 0.6 is 0 Å². The van der Waals surface area contributed by atoms with E-state index in [1.165, 1.54) is 89.2 Å². The smallest absolute Gasteiger partial charge is 0.159 e. The highest BCUT2D eigenvalue weighted by Crippen LogP contribution is 2.43. The molecule has 3 rings (SSSR count). The van der Waals surface area contributed by atoms with Crippen LogP contribution in [0.2, 0.25) is 0 Å². The van der Waals surface area contributed by atoms with Crippen LogP contribution in [-0.4, -0.2) is 0 Å². The van der Waals surface area contributed by atoms with Crippen molar-refractivity contribution in [1.82, 2.24) is 0 Å². The molecule has 2 fully saturated rings. The fourth-order valence-electron chi connectivity index (χ4n) is 5.78. The van der Waals surface area contributed by atoms with Gasteiger partial charge in [-0.3, -0.25) is 0 Å². The highest BCUT2D eigenvalue weighted by atomic mass is 19.2. The maximum Gasteiger partial charge on any atom is 0.159 e. The summed E-state index contributed by atoms with van der Waals surface area (Å²) in [5, 5.41) is 0. The van der Waals surface area contributed by atoms with Crippen LogP contribution < -0.4 is 0 Å². The number of halogens is 2. The van der Waals surface area contributed by atoms with E-state index in [0.29, 0.717) is 0 Å². The Labute approximate surface area is 177 Å². The molecule has 0 nitrogen and oxygen atoms in total. The highest BCUT2D eigenvalue weighted by Gasteiger charge is 2.30. The van der Waals surface area contributed by atoms with Gasteiger partial charge in [-0.05, 0) is 92.4 Å². The Morgan fingerprint density at radius 1 is 0.862 bits per heavy atom. The van der Waals surface area contributed by atoms with Gasteiger partial charge in [-0.1, -0.05) is 64.0 Å². The summed E-state index contributed by atoms with van der Waals surface area (Å²) in [6.07, 6.45) is 20.3. The van der Waals surface area contributed by atoms with E-state index >= 15 is 0 Å². The van der Waals surface area contributed by atoms with Crippen LogP contribution in [0.25, 0.3) is 5.57 Å². The lowest BCUT2D eigenvalue weighted by molar-refractivity contribution is 0.141. The lowest BCUT2D eigenvalue weighted by atomic mass is 9.68. The van der Waals surface area contributed by atoms with Crippen LogP contribution in [0.1, 0.15) is 103 Å². The first kappa shape index (κ1) is 22.5. The van der Waals surface area contributed by atoms with Crippen LogP contribution in [0.15, 0.2) is 24.3 Å². The maximum absolute atomic E-state index is 13.4. The predicted octanol–water partition coefficient (Wildman–Crippen LogP) is 8.95. The van der Waals surface area contributed by atoms with Gasteiger partial charge >= 0.3 is 0 Å². The van der Waals surface area contributed by atoms with Crippen molar-refractivity contribution in [3.05, 3.63) is 41.5 Å². The van der Waals surface area contributed by atoms with Gasteiger partial charge in [0.25, 0.3) is 0 Å². The molecule has 0 atom stereocenters. The second-order valence-electron chi connectivity index (χ2n) is 9.80. The molecule has 0 saturated heterocycles. The van der Waals surface area contributed by atoms with Crippen LogP contribution in [0.5, 0.6) is 0 Å². The lowest BCUT2D eigenvalue weighted by Crippen LogP contribution is -2.25. The molecule has 2 aliphatic carbocycles. The van der Waals surface area contributed by atoms with Crippen molar-refractivity contribution in [2.45, 2.75) is 97.3 Å². The third-order valence-corrected chi connectivity index (χ3v) is 7.82. The standard InChI is InChI=1S/C27H40F2/c1-3-4-7-21-9-13-23(14-10-21)24-15-11-22(12-16-24)8-5-6-20(2)25-17-18-26(28)27(29)19-25/h6,17-19,21-24H,3-5,7-16H2,1-2H3/b20-6+. The van der Waals surface area contributed by atoms with E-state index in [-0.39, 0.29) is 0 Å². The lowest BCUT2D eigenvalue weighted by Gasteiger charge is -2.38. The van der Waals surface area contributed by atoms with E-state index in [1.54, 1.807) is 6.07 Å². The monoisotopic (exact) mass is 402 g/mol. The second-order valence-corrected chi connectivity index (χ2v) is 9.80. The second kappa shape index (κ2) is 11.3. The Morgan fingerprint density at radius 3 is 2.00 bits per heavy atom.